The van der Waals surface area contributed by atoms with Crippen LogP contribution in [0.1, 0.15) is 52.8 Å². The molecule has 3 aromatic carbocycles. The van der Waals surface area contributed by atoms with Crippen molar-refractivity contribution in [3.05, 3.63) is 88.0 Å². The average molecular weight is 415 g/mol. The molecule has 0 spiro atoms. The van der Waals surface area contributed by atoms with Gasteiger partial charge in [0.05, 0.1) is 15.2 Å². The van der Waals surface area contributed by atoms with Crippen LogP contribution in [-0.4, -0.2) is 15.2 Å². The number of rotatable bonds is 4. The second-order valence-corrected chi connectivity index (χ2v) is 15.8. The van der Waals surface area contributed by atoms with Gasteiger partial charge < -0.3 is 4.74 Å². The summed E-state index contributed by atoms with van der Waals surface area (Å²) in [5, 5.41) is 0. The van der Waals surface area contributed by atoms with Crippen LogP contribution in [0.4, 0.5) is 0 Å². The van der Waals surface area contributed by atoms with Crippen LogP contribution in [-0.2, 0) is 5.41 Å². The molecule has 1 atom stereocenters. The smallest absolute Gasteiger partial charge is 0.125 e. The van der Waals surface area contributed by atoms with Gasteiger partial charge in [0.25, 0.3) is 0 Å². The van der Waals surface area contributed by atoms with Crippen molar-refractivity contribution < 1.29 is 4.74 Å². The molecule has 1 aliphatic rings. The third-order valence-electron chi connectivity index (χ3n) is 6.79. The molecule has 0 N–H and O–H groups in total. The molecule has 0 aliphatic heterocycles. The molecular weight excluding hydrogens is 380 g/mol. The Bertz CT molecular complexity index is 1120. The predicted octanol–water partition coefficient (Wildman–Crippen LogP) is 7.63. The molecule has 0 radical (unpaired) electrons. The van der Waals surface area contributed by atoms with E-state index in [1.165, 1.54) is 38.9 Å². The number of fused-ring (bicyclic) bond motifs is 3. The summed E-state index contributed by atoms with van der Waals surface area (Å²) in [4.78, 5) is 0. The van der Waals surface area contributed by atoms with Crippen LogP contribution in [0, 0.1) is 13.8 Å². The minimum absolute atomic E-state index is 0.159. The van der Waals surface area contributed by atoms with Crippen molar-refractivity contribution in [2.45, 2.75) is 58.3 Å². The monoisotopic (exact) mass is 414 g/mol. The Hall–Kier alpha value is -2.32. The topological polar surface area (TPSA) is 9.23 Å². The Labute approximate surface area is 183 Å². The van der Waals surface area contributed by atoms with Crippen LogP contribution < -0.4 is 4.74 Å². The zero-order chi connectivity index (χ0) is 21.8. The second kappa shape index (κ2) is 7.13. The highest BCUT2D eigenvalue weighted by Crippen LogP contribution is 2.53. The van der Waals surface area contributed by atoms with Gasteiger partial charge >= 0.3 is 0 Å². The van der Waals surface area contributed by atoms with Crippen molar-refractivity contribution in [3.8, 4) is 16.9 Å². The molecule has 3 aromatic rings. The molecule has 0 aromatic heterocycles. The molecule has 0 fully saturated rings. The van der Waals surface area contributed by atoms with Gasteiger partial charge in [0.15, 0.2) is 0 Å². The van der Waals surface area contributed by atoms with Gasteiger partial charge in [0.1, 0.15) is 5.75 Å². The maximum atomic E-state index is 5.92. The molecule has 0 bridgehead atoms. The molecule has 4 rings (SSSR count). The zero-order valence-electron chi connectivity index (χ0n) is 19.7. The molecule has 0 heterocycles. The third kappa shape index (κ3) is 3.13. The number of benzene rings is 3. The molecule has 1 nitrogen and oxygen atoms in total. The van der Waals surface area contributed by atoms with Crippen LogP contribution in [0.25, 0.3) is 11.1 Å². The second-order valence-electron chi connectivity index (χ2n) is 10.4. The molecule has 0 saturated heterocycles. The fraction of sp³-hybridized carbons (Fsp3) is 0.357. The first kappa shape index (κ1) is 20.9. The Morgan fingerprint density at radius 2 is 1.50 bits per heavy atom. The molecule has 0 saturated carbocycles. The van der Waals surface area contributed by atoms with Crippen LogP contribution in [0.2, 0.25) is 19.6 Å². The van der Waals surface area contributed by atoms with Gasteiger partial charge in [-0.1, -0.05) is 93.6 Å². The maximum absolute atomic E-state index is 5.92. The lowest BCUT2D eigenvalue weighted by Crippen LogP contribution is -2.33. The standard InChI is InChI=1S/C28H34OSi/c1-18-16-19(2)26(29-5)24(17-18)28(3,4)23-15-11-14-21-20-12-9-10-13-22(20)27(25(21)23)30(6,7)8/h9-17,27H,1-8H3. The minimum atomic E-state index is -1.51. The van der Waals surface area contributed by atoms with Crippen LogP contribution in [0.15, 0.2) is 54.6 Å². The summed E-state index contributed by atoms with van der Waals surface area (Å²) in [6.07, 6.45) is 0. The highest BCUT2D eigenvalue weighted by atomic mass is 28.3. The fourth-order valence-electron chi connectivity index (χ4n) is 5.54. The van der Waals surface area contributed by atoms with Crippen molar-refractivity contribution >= 4 is 8.07 Å². The number of methoxy groups -OCH3 is 1. The van der Waals surface area contributed by atoms with E-state index in [1.54, 1.807) is 12.7 Å². The van der Waals surface area contributed by atoms with E-state index >= 15 is 0 Å². The number of hydrogen-bond donors (Lipinski definition) is 0. The summed E-state index contributed by atoms with van der Waals surface area (Å²) in [7, 11) is 0.286. The summed E-state index contributed by atoms with van der Waals surface area (Å²) >= 11 is 0. The van der Waals surface area contributed by atoms with Crippen molar-refractivity contribution in [1.29, 1.82) is 0 Å². The van der Waals surface area contributed by atoms with Gasteiger partial charge in [0, 0.05) is 16.5 Å². The molecule has 0 amide bonds. The summed E-state index contributed by atoms with van der Waals surface area (Å²) < 4.78 is 5.92. The van der Waals surface area contributed by atoms with Gasteiger partial charge in [-0.3, -0.25) is 0 Å². The van der Waals surface area contributed by atoms with E-state index in [4.69, 9.17) is 4.74 Å². The van der Waals surface area contributed by atoms with Gasteiger partial charge in [0.2, 0.25) is 0 Å². The number of aryl methyl sites for hydroxylation is 2. The molecule has 1 aliphatic carbocycles. The van der Waals surface area contributed by atoms with Crippen molar-refractivity contribution in [1.82, 2.24) is 0 Å². The first-order chi connectivity index (χ1) is 14.1. The van der Waals surface area contributed by atoms with Gasteiger partial charge in [-0.2, -0.15) is 0 Å². The lowest BCUT2D eigenvalue weighted by molar-refractivity contribution is 0.397. The van der Waals surface area contributed by atoms with Crippen LogP contribution in [0.5, 0.6) is 5.75 Å². The van der Waals surface area contributed by atoms with Crippen molar-refractivity contribution in [2.75, 3.05) is 7.11 Å². The maximum Gasteiger partial charge on any atom is 0.125 e. The fourth-order valence-corrected chi connectivity index (χ4v) is 7.90. The Morgan fingerprint density at radius 1 is 0.833 bits per heavy atom. The van der Waals surface area contributed by atoms with E-state index < -0.39 is 8.07 Å². The van der Waals surface area contributed by atoms with Gasteiger partial charge in [-0.05, 0) is 47.2 Å². The normalized spacial score (nSPS) is 15.7. The molecule has 1 unspecified atom stereocenters. The van der Waals surface area contributed by atoms with E-state index in [0.717, 1.165) is 5.75 Å². The predicted molar refractivity (Wildman–Crippen MR) is 132 cm³/mol. The molecule has 30 heavy (non-hydrogen) atoms. The largest absolute Gasteiger partial charge is 0.496 e. The van der Waals surface area contributed by atoms with Crippen molar-refractivity contribution in [3.63, 3.8) is 0 Å². The summed E-state index contributed by atoms with van der Waals surface area (Å²) in [6, 6.07) is 20.5. The van der Waals surface area contributed by atoms with E-state index in [9.17, 15) is 0 Å². The summed E-state index contributed by atoms with van der Waals surface area (Å²) in [5.41, 5.74) is 11.5. The molecular formula is C28H34OSi. The number of ether oxygens (including phenoxy) is 1. The van der Waals surface area contributed by atoms with Gasteiger partial charge in [-0.25, -0.2) is 0 Å². The Kier molecular flexibility index (Phi) is 4.97. The van der Waals surface area contributed by atoms with Gasteiger partial charge in [-0.15, -0.1) is 0 Å². The Balaban J connectivity index is 2.03. The summed E-state index contributed by atoms with van der Waals surface area (Å²) in [5.74, 6) is 1.02. The first-order valence-corrected chi connectivity index (χ1v) is 14.5. The number of hydrogen-bond acceptors (Lipinski definition) is 1. The van der Waals surface area contributed by atoms with Crippen LogP contribution in [0.3, 0.4) is 0 Å². The minimum Gasteiger partial charge on any atom is -0.496 e. The highest BCUT2D eigenvalue weighted by Gasteiger charge is 2.42. The quantitative estimate of drug-likeness (QED) is 0.399. The SMILES string of the molecule is COc1c(C)cc(C)cc1C(C)(C)c1cccc2c1C([Si](C)(C)C)c1ccccc1-2. The lowest BCUT2D eigenvalue weighted by atomic mass is 9.74. The average Bonchev–Trinajstić information content (AvgIpc) is 3.02. The van der Waals surface area contributed by atoms with Crippen LogP contribution >= 0.6 is 0 Å². The van der Waals surface area contributed by atoms with E-state index in [1.807, 2.05) is 0 Å². The molecule has 156 valence electrons. The van der Waals surface area contributed by atoms with E-state index in [0.29, 0.717) is 5.54 Å². The molecule has 2 heteroatoms. The first-order valence-electron chi connectivity index (χ1n) is 11.0. The highest BCUT2D eigenvalue weighted by molar-refractivity contribution is 6.78. The van der Waals surface area contributed by atoms with E-state index in [-0.39, 0.29) is 5.41 Å². The van der Waals surface area contributed by atoms with E-state index in [2.05, 4.69) is 102 Å². The third-order valence-corrected chi connectivity index (χ3v) is 9.12. The summed E-state index contributed by atoms with van der Waals surface area (Å²) in [6.45, 7) is 16.6. The zero-order valence-corrected chi connectivity index (χ0v) is 20.7. The Morgan fingerprint density at radius 3 is 2.17 bits per heavy atom. The lowest BCUT2D eigenvalue weighted by Gasteiger charge is -2.35. The van der Waals surface area contributed by atoms with Crippen molar-refractivity contribution in [2.24, 2.45) is 0 Å².